The first-order valence-corrected chi connectivity index (χ1v) is 21.1. The largest absolute Gasteiger partial charge is 0.310 e. The number of benzene rings is 10. The maximum Gasteiger partial charge on any atom is 0.0713 e. The molecule has 12 rings (SSSR count). The van der Waals surface area contributed by atoms with E-state index in [0.29, 0.717) is 0 Å². The molecule has 2 nitrogen and oxygen atoms in total. The summed E-state index contributed by atoms with van der Waals surface area (Å²) >= 11 is 0. The third-order valence-electron chi connectivity index (χ3n) is 12.8. The van der Waals surface area contributed by atoms with E-state index >= 15 is 0 Å². The minimum absolute atomic E-state index is 0.484. The Morgan fingerprint density at radius 2 is 0.885 bits per heavy atom. The van der Waals surface area contributed by atoms with Gasteiger partial charge < -0.3 is 9.47 Å². The lowest BCUT2D eigenvalue weighted by Crippen LogP contribution is -2.28. The second kappa shape index (κ2) is 14.1. The van der Waals surface area contributed by atoms with Gasteiger partial charge >= 0.3 is 0 Å². The molecule has 0 bridgehead atoms. The first kappa shape index (κ1) is 35.0. The number of aromatic nitrogens is 1. The van der Waals surface area contributed by atoms with Crippen LogP contribution in [0.25, 0.3) is 60.5 Å². The van der Waals surface area contributed by atoms with Crippen molar-refractivity contribution in [1.29, 1.82) is 0 Å². The maximum absolute atomic E-state index is 2.48. The van der Waals surface area contributed by atoms with E-state index in [-0.39, 0.29) is 0 Å². The van der Waals surface area contributed by atoms with Crippen LogP contribution in [0.4, 0.5) is 17.1 Å². The molecule has 0 saturated heterocycles. The number of fused-ring (bicyclic) bond motifs is 7. The van der Waals surface area contributed by atoms with Crippen molar-refractivity contribution in [2.24, 2.45) is 0 Å². The Labute approximate surface area is 355 Å². The average Bonchev–Trinajstić information content (AvgIpc) is 3.83. The topological polar surface area (TPSA) is 8.17 Å². The normalized spacial score (nSPS) is 12.7. The third-order valence-corrected chi connectivity index (χ3v) is 12.8. The molecule has 11 aromatic rings. The molecule has 61 heavy (non-hydrogen) atoms. The molecule has 0 saturated carbocycles. The van der Waals surface area contributed by atoms with Crippen molar-refractivity contribution in [3.8, 4) is 27.9 Å². The Morgan fingerprint density at radius 3 is 1.61 bits per heavy atom. The van der Waals surface area contributed by atoms with Gasteiger partial charge in [-0.1, -0.05) is 182 Å². The standard InChI is InChI=1S/C59H40N2/c1-4-16-41(17-5-1)43-28-32-48(33-29-43)60(49-34-30-42-18-10-11-19-44(42)38-49)50-35-36-53-54-39-46(31-37-57(54)61(58(53)40-50)47-22-8-3-9-23-47)59(45-20-6-2-7-21-45)55-26-14-12-24-51(55)52-25-13-15-27-56(52)59/h1-40H. The number of rotatable bonds is 7. The van der Waals surface area contributed by atoms with E-state index < -0.39 is 5.41 Å². The molecule has 1 aliphatic carbocycles. The van der Waals surface area contributed by atoms with E-state index in [1.807, 2.05) is 0 Å². The van der Waals surface area contributed by atoms with Crippen molar-refractivity contribution in [2.75, 3.05) is 4.90 Å². The molecule has 286 valence electrons. The van der Waals surface area contributed by atoms with Gasteiger partial charge in [0.05, 0.1) is 16.4 Å². The van der Waals surface area contributed by atoms with Crippen LogP contribution in [0.5, 0.6) is 0 Å². The Kier molecular flexibility index (Phi) is 8.11. The second-order valence-electron chi connectivity index (χ2n) is 16.1. The molecule has 0 radical (unpaired) electrons. The van der Waals surface area contributed by atoms with Gasteiger partial charge in [0.25, 0.3) is 0 Å². The molecule has 0 atom stereocenters. The zero-order valence-corrected chi connectivity index (χ0v) is 33.5. The van der Waals surface area contributed by atoms with Crippen molar-refractivity contribution in [3.63, 3.8) is 0 Å². The summed E-state index contributed by atoms with van der Waals surface area (Å²) in [6.45, 7) is 0. The molecule has 0 amide bonds. The van der Waals surface area contributed by atoms with Gasteiger partial charge in [-0.3, -0.25) is 0 Å². The summed E-state index contributed by atoms with van der Waals surface area (Å²) in [6.07, 6.45) is 0. The molecule has 10 aromatic carbocycles. The van der Waals surface area contributed by atoms with Gasteiger partial charge in [0.15, 0.2) is 0 Å². The molecule has 0 N–H and O–H groups in total. The van der Waals surface area contributed by atoms with Crippen molar-refractivity contribution in [1.82, 2.24) is 4.57 Å². The molecule has 1 heterocycles. The minimum atomic E-state index is -0.484. The number of hydrogen-bond acceptors (Lipinski definition) is 1. The predicted molar refractivity (Wildman–Crippen MR) is 256 cm³/mol. The number of para-hydroxylation sites is 1. The van der Waals surface area contributed by atoms with Gasteiger partial charge in [0.1, 0.15) is 0 Å². The molecule has 0 unspecified atom stereocenters. The number of hydrogen-bond donors (Lipinski definition) is 0. The Hall–Kier alpha value is -7.94. The van der Waals surface area contributed by atoms with Crippen molar-refractivity contribution >= 4 is 49.6 Å². The summed E-state index contributed by atoms with van der Waals surface area (Å²) < 4.78 is 2.45. The fourth-order valence-electron chi connectivity index (χ4n) is 10.1. The van der Waals surface area contributed by atoms with Gasteiger partial charge in [-0.2, -0.15) is 0 Å². The van der Waals surface area contributed by atoms with Gasteiger partial charge in [0.2, 0.25) is 0 Å². The molecule has 1 aliphatic rings. The summed E-state index contributed by atoms with van der Waals surface area (Å²) in [6, 6.07) is 89.1. The van der Waals surface area contributed by atoms with Crippen LogP contribution in [0, 0.1) is 0 Å². The van der Waals surface area contributed by atoms with Crippen LogP contribution in [0.2, 0.25) is 0 Å². The molecular formula is C59H40N2. The first-order chi connectivity index (χ1) is 30.3. The van der Waals surface area contributed by atoms with Gasteiger partial charge in [0, 0.05) is 33.5 Å². The summed E-state index contributed by atoms with van der Waals surface area (Å²) in [4.78, 5) is 2.40. The number of nitrogens with zero attached hydrogens (tertiary/aromatic N) is 2. The van der Waals surface area contributed by atoms with E-state index in [1.165, 1.54) is 71.6 Å². The van der Waals surface area contributed by atoms with Gasteiger partial charge in [-0.15, -0.1) is 0 Å². The summed E-state index contributed by atoms with van der Waals surface area (Å²) in [7, 11) is 0. The zero-order chi connectivity index (χ0) is 40.3. The molecule has 0 spiro atoms. The molecule has 0 fully saturated rings. The summed E-state index contributed by atoms with van der Waals surface area (Å²) in [5.74, 6) is 0. The monoisotopic (exact) mass is 776 g/mol. The summed E-state index contributed by atoms with van der Waals surface area (Å²) in [5.41, 5.74) is 16.4. The van der Waals surface area contributed by atoms with Gasteiger partial charge in [-0.25, -0.2) is 0 Å². The fourth-order valence-corrected chi connectivity index (χ4v) is 10.1. The van der Waals surface area contributed by atoms with Crippen molar-refractivity contribution in [2.45, 2.75) is 5.41 Å². The van der Waals surface area contributed by atoms with Crippen LogP contribution in [0.1, 0.15) is 22.3 Å². The zero-order valence-electron chi connectivity index (χ0n) is 33.5. The lowest BCUT2D eigenvalue weighted by Gasteiger charge is -2.34. The van der Waals surface area contributed by atoms with E-state index in [4.69, 9.17) is 0 Å². The quantitative estimate of drug-likeness (QED) is 0.156. The minimum Gasteiger partial charge on any atom is -0.310 e. The van der Waals surface area contributed by atoms with Crippen LogP contribution >= 0.6 is 0 Å². The van der Waals surface area contributed by atoms with Crippen LogP contribution < -0.4 is 4.90 Å². The highest BCUT2D eigenvalue weighted by atomic mass is 15.1. The van der Waals surface area contributed by atoms with Crippen LogP contribution in [-0.4, -0.2) is 4.57 Å². The highest BCUT2D eigenvalue weighted by molar-refractivity contribution is 6.11. The van der Waals surface area contributed by atoms with Crippen LogP contribution in [-0.2, 0) is 5.41 Å². The van der Waals surface area contributed by atoms with E-state index in [0.717, 1.165) is 28.3 Å². The van der Waals surface area contributed by atoms with Crippen LogP contribution in [0.15, 0.2) is 243 Å². The maximum atomic E-state index is 2.48. The van der Waals surface area contributed by atoms with Crippen molar-refractivity contribution < 1.29 is 0 Å². The van der Waals surface area contributed by atoms with Gasteiger partial charge in [-0.05, 0) is 116 Å². The van der Waals surface area contributed by atoms with Crippen LogP contribution in [0.3, 0.4) is 0 Å². The first-order valence-electron chi connectivity index (χ1n) is 21.1. The van der Waals surface area contributed by atoms with E-state index in [1.54, 1.807) is 0 Å². The molecule has 0 aliphatic heterocycles. The van der Waals surface area contributed by atoms with Crippen molar-refractivity contribution in [3.05, 3.63) is 265 Å². The Morgan fingerprint density at radius 1 is 0.328 bits per heavy atom. The highest BCUT2D eigenvalue weighted by Crippen LogP contribution is 2.56. The fraction of sp³-hybridized carbons (Fsp3) is 0.0169. The third kappa shape index (κ3) is 5.50. The summed E-state index contributed by atoms with van der Waals surface area (Å²) in [5, 5.41) is 4.87. The predicted octanol–water partition coefficient (Wildman–Crippen LogP) is 15.4. The molecular weight excluding hydrogens is 737 g/mol. The second-order valence-corrected chi connectivity index (χ2v) is 16.1. The van der Waals surface area contributed by atoms with E-state index in [9.17, 15) is 0 Å². The lowest BCUT2D eigenvalue weighted by atomic mass is 9.67. The number of anilines is 3. The highest BCUT2D eigenvalue weighted by Gasteiger charge is 2.46. The smallest absolute Gasteiger partial charge is 0.0713 e. The Balaban J connectivity index is 1.10. The molecule has 1 aromatic heterocycles. The average molecular weight is 777 g/mol. The Bertz CT molecular complexity index is 3360. The van der Waals surface area contributed by atoms with E-state index in [2.05, 4.69) is 252 Å². The SMILES string of the molecule is c1ccc(-c2ccc(N(c3ccc4ccccc4c3)c3ccc4c5cc(C6(c7ccccc7)c7ccccc7-c7ccccc76)ccc5n(-c5ccccc5)c4c3)cc2)cc1. The molecule has 2 heteroatoms. The lowest BCUT2D eigenvalue weighted by molar-refractivity contribution is 0.770.